The van der Waals surface area contributed by atoms with Crippen LogP contribution in [0.25, 0.3) is 0 Å². The standard InChI is InChI=1S/C15H16Cl2N2O/c1-20-12-4-2-3-11(8-12)19-15(9-18)13-6-5-10(16)7-14(13)17/h2-8,15,19H,9,18H2,1H3. The zero-order valence-corrected chi connectivity index (χ0v) is 12.6. The number of hydrogen-bond donors (Lipinski definition) is 2. The van der Waals surface area contributed by atoms with Gasteiger partial charge in [0.25, 0.3) is 0 Å². The average Bonchev–Trinajstić information content (AvgIpc) is 2.45. The molecule has 0 radical (unpaired) electrons. The van der Waals surface area contributed by atoms with Gasteiger partial charge in [0.05, 0.1) is 13.2 Å². The van der Waals surface area contributed by atoms with Gasteiger partial charge in [0.1, 0.15) is 5.75 Å². The quantitative estimate of drug-likeness (QED) is 0.873. The summed E-state index contributed by atoms with van der Waals surface area (Å²) in [6.07, 6.45) is 0. The van der Waals surface area contributed by atoms with Crippen molar-refractivity contribution < 1.29 is 4.74 Å². The highest BCUT2D eigenvalue weighted by molar-refractivity contribution is 6.35. The minimum absolute atomic E-state index is 0.0909. The maximum absolute atomic E-state index is 6.22. The Labute approximate surface area is 128 Å². The average molecular weight is 311 g/mol. The highest BCUT2D eigenvalue weighted by Gasteiger charge is 2.13. The van der Waals surface area contributed by atoms with Crippen molar-refractivity contribution in [2.24, 2.45) is 5.73 Å². The van der Waals surface area contributed by atoms with Gasteiger partial charge in [0.15, 0.2) is 0 Å². The molecule has 5 heteroatoms. The lowest BCUT2D eigenvalue weighted by atomic mass is 10.1. The molecule has 0 aliphatic carbocycles. The van der Waals surface area contributed by atoms with E-state index in [-0.39, 0.29) is 6.04 Å². The number of nitrogens with two attached hydrogens (primary N) is 1. The van der Waals surface area contributed by atoms with Crippen LogP contribution in [0.3, 0.4) is 0 Å². The maximum atomic E-state index is 6.22. The number of nitrogens with one attached hydrogen (secondary N) is 1. The van der Waals surface area contributed by atoms with Crippen molar-refractivity contribution in [3.63, 3.8) is 0 Å². The van der Waals surface area contributed by atoms with Gasteiger partial charge < -0.3 is 15.8 Å². The third-order valence-electron chi connectivity index (χ3n) is 2.98. The van der Waals surface area contributed by atoms with Crippen molar-refractivity contribution >= 4 is 28.9 Å². The van der Waals surface area contributed by atoms with Crippen LogP contribution in [0.2, 0.25) is 10.0 Å². The summed E-state index contributed by atoms with van der Waals surface area (Å²) in [4.78, 5) is 0. The summed E-state index contributed by atoms with van der Waals surface area (Å²) in [7, 11) is 1.63. The number of anilines is 1. The molecule has 3 nitrogen and oxygen atoms in total. The summed E-state index contributed by atoms with van der Waals surface area (Å²) < 4.78 is 5.20. The van der Waals surface area contributed by atoms with Crippen LogP contribution in [0.5, 0.6) is 5.75 Å². The Morgan fingerprint density at radius 1 is 1.20 bits per heavy atom. The molecule has 20 heavy (non-hydrogen) atoms. The molecule has 0 aromatic heterocycles. The molecule has 3 N–H and O–H groups in total. The van der Waals surface area contributed by atoms with Gasteiger partial charge in [0, 0.05) is 28.3 Å². The Bertz CT molecular complexity index is 590. The third-order valence-corrected chi connectivity index (χ3v) is 3.55. The minimum Gasteiger partial charge on any atom is -0.497 e. The van der Waals surface area contributed by atoms with E-state index in [0.717, 1.165) is 17.0 Å². The molecule has 0 saturated carbocycles. The van der Waals surface area contributed by atoms with Crippen molar-refractivity contribution in [1.29, 1.82) is 0 Å². The lowest BCUT2D eigenvalue weighted by molar-refractivity contribution is 0.415. The molecule has 0 aliphatic rings. The van der Waals surface area contributed by atoms with Gasteiger partial charge in [-0.3, -0.25) is 0 Å². The van der Waals surface area contributed by atoms with Crippen molar-refractivity contribution in [2.45, 2.75) is 6.04 Å². The van der Waals surface area contributed by atoms with Crippen molar-refractivity contribution in [3.8, 4) is 5.75 Å². The van der Waals surface area contributed by atoms with Gasteiger partial charge in [-0.2, -0.15) is 0 Å². The van der Waals surface area contributed by atoms with Crippen LogP contribution in [-0.4, -0.2) is 13.7 Å². The van der Waals surface area contributed by atoms with Crippen LogP contribution in [-0.2, 0) is 0 Å². The number of rotatable bonds is 5. The summed E-state index contributed by atoms with van der Waals surface area (Å²) >= 11 is 12.1. The van der Waals surface area contributed by atoms with Crippen molar-refractivity contribution in [3.05, 3.63) is 58.1 Å². The van der Waals surface area contributed by atoms with Gasteiger partial charge in [-0.25, -0.2) is 0 Å². The number of benzene rings is 2. The van der Waals surface area contributed by atoms with Crippen molar-refractivity contribution in [1.82, 2.24) is 0 Å². The Kier molecular flexibility index (Phi) is 5.12. The van der Waals surface area contributed by atoms with Crippen LogP contribution in [0.1, 0.15) is 11.6 Å². The van der Waals surface area contributed by atoms with E-state index in [1.807, 2.05) is 30.3 Å². The molecule has 0 aliphatic heterocycles. The smallest absolute Gasteiger partial charge is 0.120 e. The molecular weight excluding hydrogens is 295 g/mol. The van der Waals surface area contributed by atoms with E-state index in [1.54, 1.807) is 19.2 Å². The highest BCUT2D eigenvalue weighted by Crippen LogP contribution is 2.29. The molecule has 2 aromatic rings. The molecule has 0 amide bonds. The van der Waals surface area contributed by atoms with E-state index < -0.39 is 0 Å². The van der Waals surface area contributed by atoms with E-state index in [9.17, 15) is 0 Å². The Morgan fingerprint density at radius 2 is 2.00 bits per heavy atom. The zero-order chi connectivity index (χ0) is 14.5. The zero-order valence-electron chi connectivity index (χ0n) is 11.1. The predicted octanol–water partition coefficient (Wildman–Crippen LogP) is 4.11. The van der Waals surface area contributed by atoms with Crippen molar-refractivity contribution in [2.75, 3.05) is 19.0 Å². The molecule has 2 rings (SSSR count). The summed E-state index contributed by atoms with van der Waals surface area (Å²) in [6, 6.07) is 13.0. The topological polar surface area (TPSA) is 47.3 Å². The van der Waals surface area contributed by atoms with Gasteiger partial charge in [-0.1, -0.05) is 35.3 Å². The first-order chi connectivity index (χ1) is 9.63. The normalized spacial score (nSPS) is 12.0. The molecule has 0 fully saturated rings. The largest absolute Gasteiger partial charge is 0.497 e. The van der Waals surface area contributed by atoms with Crippen LogP contribution >= 0.6 is 23.2 Å². The molecule has 0 bridgehead atoms. The summed E-state index contributed by atoms with van der Waals surface area (Å²) in [6.45, 7) is 0.415. The summed E-state index contributed by atoms with van der Waals surface area (Å²) in [5, 5.41) is 4.56. The van der Waals surface area contributed by atoms with Gasteiger partial charge >= 0.3 is 0 Å². The van der Waals surface area contributed by atoms with Crippen LogP contribution in [0.4, 0.5) is 5.69 Å². The SMILES string of the molecule is COc1cccc(NC(CN)c2ccc(Cl)cc2Cl)c1. The Hall–Kier alpha value is -1.42. The lowest BCUT2D eigenvalue weighted by Gasteiger charge is -2.20. The molecule has 0 heterocycles. The lowest BCUT2D eigenvalue weighted by Crippen LogP contribution is -2.21. The first-order valence-electron chi connectivity index (χ1n) is 6.19. The molecule has 0 spiro atoms. The number of methoxy groups -OCH3 is 1. The number of hydrogen-bond acceptors (Lipinski definition) is 3. The fourth-order valence-corrected chi connectivity index (χ4v) is 2.50. The van der Waals surface area contributed by atoms with E-state index in [1.165, 1.54) is 0 Å². The molecule has 0 saturated heterocycles. The van der Waals surface area contributed by atoms with Gasteiger partial charge in [-0.05, 0) is 29.8 Å². The van der Waals surface area contributed by atoms with Crippen LogP contribution in [0, 0.1) is 0 Å². The van der Waals surface area contributed by atoms with E-state index in [2.05, 4.69) is 5.32 Å². The second kappa shape index (κ2) is 6.84. The van der Waals surface area contributed by atoms with E-state index >= 15 is 0 Å². The summed E-state index contributed by atoms with van der Waals surface area (Å²) in [5.41, 5.74) is 7.68. The molecule has 1 atom stereocenters. The van der Waals surface area contributed by atoms with E-state index in [0.29, 0.717) is 16.6 Å². The van der Waals surface area contributed by atoms with Gasteiger partial charge in [-0.15, -0.1) is 0 Å². The summed E-state index contributed by atoms with van der Waals surface area (Å²) in [5.74, 6) is 0.785. The molecule has 2 aromatic carbocycles. The second-order valence-electron chi connectivity index (χ2n) is 4.33. The highest BCUT2D eigenvalue weighted by atomic mass is 35.5. The molecule has 106 valence electrons. The van der Waals surface area contributed by atoms with E-state index in [4.69, 9.17) is 33.7 Å². The monoisotopic (exact) mass is 310 g/mol. The Balaban J connectivity index is 2.23. The third kappa shape index (κ3) is 3.57. The first kappa shape index (κ1) is 15.0. The second-order valence-corrected chi connectivity index (χ2v) is 5.17. The molecule has 1 unspecified atom stereocenters. The number of ether oxygens (including phenoxy) is 1. The molecular formula is C15H16Cl2N2O. The van der Waals surface area contributed by atoms with Crippen LogP contribution in [0.15, 0.2) is 42.5 Å². The Morgan fingerprint density at radius 3 is 2.65 bits per heavy atom. The van der Waals surface area contributed by atoms with Crippen LogP contribution < -0.4 is 15.8 Å². The minimum atomic E-state index is -0.0909. The number of halogens is 2. The van der Waals surface area contributed by atoms with Gasteiger partial charge in [0.2, 0.25) is 0 Å². The predicted molar refractivity (Wildman–Crippen MR) is 84.9 cm³/mol. The fourth-order valence-electron chi connectivity index (χ4n) is 1.96. The fraction of sp³-hybridized carbons (Fsp3) is 0.200. The first-order valence-corrected chi connectivity index (χ1v) is 6.95. The maximum Gasteiger partial charge on any atom is 0.120 e.